The van der Waals surface area contributed by atoms with Crippen LogP contribution in [0, 0.1) is 0 Å². The zero-order chi connectivity index (χ0) is 13.4. The normalized spacial score (nSPS) is 11.6. The van der Waals surface area contributed by atoms with Crippen LogP contribution in [0.3, 0.4) is 0 Å². The summed E-state index contributed by atoms with van der Waals surface area (Å²) in [5.74, 6) is 0.932. The number of pyridine rings is 1. The van der Waals surface area contributed by atoms with E-state index in [1.54, 1.807) is 0 Å². The molecule has 2 heterocycles. The van der Waals surface area contributed by atoms with E-state index in [4.69, 9.17) is 4.84 Å². The standard InChI is InChI=1S/C15H17N3O/c1-4-14-17-13-9-16-12-8-6-5-7-11(12)15(13)18(14)19-10(2)3/h5-10H,4H2,1-3H3. The van der Waals surface area contributed by atoms with Gasteiger partial charge in [-0.2, -0.15) is 4.73 Å². The Kier molecular flexibility index (Phi) is 2.85. The lowest BCUT2D eigenvalue weighted by molar-refractivity contribution is 0.0625. The van der Waals surface area contributed by atoms with Crippen molar-refractivity contribution in [2.75, 3.05) is 0 Å². The van der Waals surface area contributed by atoms with E-state index < -0.39 is 0 Å². The molecule has 1 aromatic carbocycles. The minimum atomic E-state index is 0.106. The molecule has 0 aliphatic rings. The van der Waals surface area contributed by atoms with E-state index in [0.717, 1.165) is 34.2 Å². The fourth-order valence-corrected chi connectivity index (χ4v) is 2.27. The maximum Gasteiger partial charge on any atom is 0.146 e. The number of aryl methyl sites for hydroxylation is 1. The summed E-state index contributed by atoms with van der Waals surface area (Å²) in [6.07, 6.45) is 2.75. The third-order valence-electron chi connectivity index (χ3n) is 3.05. The summed E-state index contributed by atoms with van der Waals surface area (Å²) in [4.78, 5) is 15.0. The third-order valence-corrected chi connectivity index (χ3v) is 3.05. The van der Waals surface area contributed by atoms with E-state index in [1.807, 2.05) is 43.0 Å². The maximum absolute atomic E-state index is 5.92. The molecule has 0 unspecified atom stereocenters. The first-order chi connectivity index (χ1) is 9.20. The van der Waals surface area contributed by atoms with Crippen LogP contribution < -0.4 is 4.84 Å². The van der Waals surface area contributed by atoms with Crippen LogP contribution in [-0.2, 0) is 6.42 Å². The Morgan fingerprint density at radius 3 is 2.74 bits per heavy atom. The lowest BCUT2D eigenvalue weighted by Gasteiger charge is -2.13. The second kappa shape index (κ2) is 4.53. The average Bonchev–Trinajstić information content (AvgIpc) is 2.76. The monoisotopic (exact) mass is 255 g/mol. The Hall–Kier alpha value is -2.10. The average molecular weight is 255 g/mol. The highest BCUT2D eigenvalue weighted by molar-refractivity contribution is 6.02. The Morgan fingerprint density at radius 1 is 1.21 bits per heavy atom. The predicted octanol–water partition coefficient (Wildman–Crippen LogP) is 2.98. The van der Waals surface area contributed by atoms with Gasteiger partial charge in [-0.15, -0.1) is 0 Å². The minimum absolute atomic E-state index is 0.106. The summed E-state index contributed by atoms with van der Waals surface area (Å²) >= 11 is 0. The SMILES string of the molecule is CCc1nc2cnc3ccccc3c2n1OC(C)C. The van der Waals surface area contributed by atoms with Gasteiger partial charge in [0.1, 0.15) is 23.0 Å². The molecule has 4 nitrogen and oxygen atoms in total. The molecule has 2 aromatic heterocycles. The highest BCUT2D eigenvalue weighted by Gasteiger charge is 2.14. The Labute approximate surface area is 112 Å². The minimum Gasteiger partial charge on any atom is -0.409 e. The van der Waals surface area contributed by atoms with Crippen LogP contribution in [0.2, 0.25) is 0 Å². The third kappa shape index (κ3) is 1.93. The number of para-hydroxylation sites is 1. The molecular weight excluding hydrogens is 238 g/mol. The molecule has 0 aliphatic carbocycles. The fraction of sp³-hybridized carbons (Fsp3) is 0.333. The molecular formula is C15H17N3O. The van der Waals surface area contributed by atoms with E-state index in [9.17, 15) is 0 Å². The van der Waals surface area contributed by atoms with Gasteiger partial charge in [0, 0.05) is 11.8 Å². The van der Waals surface area contributed by atoms with E-state index >= 15 is 0 Å². The molecule has 0 radical (unpaired) electrons. The molecule has 0 saturated heterocycles. The molecule has 3 aromatic rings. The van der Waals surface area contributed by atoms with Crippen molar-refractivity contribution in [3.8, 4) is 0 Å². The van der Waals surface area contributed by atoms with E-state index in [-0.39, 0.29) is 6.10 Å². The Bertz CT molecular complexity index is 731. The molecule has 0 N–H and O–H groups in total. The molecule has 4 heteroatoms. The van der Waals surface area contributed by atoms with Crippen LogP contribution in [0.1, 0.15) is 26.6 Å². The number of nitrogens with zero attached hydrogens (tertiary/aromatic N) is 3. The molecule has 3 rings (SSSR count). The quantitative estimate of drug-likeness (QED) is 0.722. The summed E-state index contributed by atoms with van der Waals surface area (Å²) in [6, 6.07) is 8.08. The highest BCUT2D eigenvalue weighted by atomic mass is 16.7. The molecule has 98 valence electrons. The smallest absolute Gasteiger partial charge is 0.146 e. The zero-order valence-electron chi connectivity index (χ0n) is 11.4. The molecule has 0 amide bonds. The van der Waals surface area contributed by atoms with Crippen LogP contribution in [0.15, 0.2) is 30.5 Å². The summed E-state index contributed by atoms with van der Waals surface area (Å²) in [6.45, 7) is 6.13. The van der Waals surface area contributed by atoms with E-state index in [1.165, 1.54) is 0 Å². The number of imidazole rings is 1. The van der Waals surface area contributed by atoms with Crippen LogP contribution in [0.5, 0.6) is 0 Å². The first kappa shape index (κ1) is 12.0. The van der Waals surface area contributed by atoms with Crippen LogP contribution >= 0.6 is 0 Å². The number of rotatable bonds is 3. The molecule has 0 spiro atoms. The van der Waals surface area contributed by atoms with Gasteiger partial charge in [0.25, 0.3) is 0 Å². The zero-order valence-corrected chi connectivity index (χ0v) is 11.4. The van der Waals surface area contributed by atoms with Gasteiger partial charge in [0.15, 0.2) is 0 Å². The predicted molar refractivity (Wildman–Crippen MR) is 76.1 cm³/mol. The van der Waals surface area contributed by atoms with Crippen LogP contribution in [0.4, 0.5) is 0 Å². The fourth-order valence-electron chi connectivity index (χ4n) is 2.27. The van der Waals surface area contributed by atoms with Crippen molar-refractivity contribution < 1.29 is 4.84 Å². The van der Waals surface area contributed by atoms with E-state index in [2.05, 4.69) is 23.0 Å². The highest BCUT2D eigenvalue weighted by Crippen LogP contribution is 2.24. The first-order valence-corrected chi connectivity index (χ1v) is 6.63. The molecule has 0 aliphatic heterocycles. The van der Waals surface area contributed by atoms with Crippen molar-refractivity contribution in [2.45, 2.75) is 33.3 Å². The second-order valence-electron chi connectivity index (χ2n) is 4.84. The van der Waals surface area contributed by atoms with Crippen molar-refractivity contribution >= 4 is 21.9 Å². The summed E-state index contributed by atoms with van der Waals surface area (Å²) in [7, 11) is 0. The lowest BCUT2D eigenvalue weighted by Crippen LogP contribution is -2.21. The molecule has 0 fully saturated rings. The van der Waals surface area contributed by atoms with Crippen LogP contribution in [-0.4, -0.2) is 20.8 Å². The summed E-state index contributed by atoms with van der Waals surface area (Å²) < 4.78 is 1.87. The van der Waals surface area contributed by atoms with Gasteiger partial charge >= 0.3 is 0 Å². The van der Waals surface area contributed by atoms with Gasteiger partial charge in [-0.3, -0.25) is 4.98 Å². The number of benzene rings is 1. The Morgan fingerprint density at radius 2 is 2.00 bits per heavy atom. The van der Waals surface area contributed by atoms with Crippen LogP contribution in [0.25, 0.3) is 21.9 Å². The Balaban J connectivity index is 2.38. The molecule has 0 atom stereocenters. The van der Waals surface area contributed by atoms with Gasteiger partial charge in [0.05, 0.1) is 11.7 Å². The number of hydrogen-bond acceptors (Lipinski definition) is 3. The van der Waals surface area contributed by atoms with Gasteiger partial charge in [-0.1, -0.05) is 25.1 Å². The largest absolute Gasteiger partial charge is 0.409 e. The number of aromatic nitrogens is 3. The summed E-state index contributed by atoms with van der Waals surface area (Å²) in [5, 5.41) is 1.08. The van der Waals surface area contributed by atoms with Gasteiger partial charge in [-0.25, -0.2) is 4.98 Å². The van der Waals surface area contributed by atoms with E-state index in [0.29, 0.717) is 0 Å². The molecule has 0 bridgehead atoms. The second-order valence-corrected chi connectivity index (χ2v) is 4.84. The number of hydrogen-bond donors (Lipinski definition) is 0. The maximum atomic E-state index is 5.92. The molecule has 19 heavy (non-hydrogen) atoms. The van der Waals surface area contributed by atoms with Crippen molar-refractivity contribution in [3.05, 3.63) is 36.3 Å². The first-order valence-electron chi connectivity index (χ1n) is 6.63. The van der Waals surface area contributed by atoms with Crippen molar-refractivity contribution in [1.82, 2.24) is 14.7 Å². The van der Waals surface area contributed by atoms with Gasteiger partial charge in [-0.05, 0) is 19.9 Å². The molecule has 0 saturated carbocycles. The topological polar surface area (TPSA) is 39.9 Å². The van der Waals surface area contributed by atoms with Gasteiger partial charge < -0.3 is 4.84 Å². The number of fused-ring (bicyclic) bond motifs is 3. The van der Waals surface area contributed by atoms with Crippen molar-refractivity contribution in [2.24, 2.45) is 0 Å². The van der Waals surface area contributed by atoms with Gasteiger partial charge in [0.2, 0.25) is 0 Å². The summed E-state index contributed by atoms with van der Waals surface area (Å²) in [5.41, 5.74) is 2.86. The van der Waals surface area contributed by atoms with Crippen molar-refractivity contribution in [3.63, 3.8) is 0 Å². The lowest BCUT2D eigenvalue weighted by atomic mass is 10.2. The van der Waals surface area contributed by atoms with Crippen molar-refractivity contribution in [1.29, 1.82) is 0 Å².